The number of anilines is 4. The lowest BCUT2D eigenvalue weighted by atomic mass is 10.2. The first-order chi connectivity index (χ1) is 10.6. The number of rotatable bonds is 4. The van der Waals surface area contributed by atoms with Crippen LogP contribution in [-0.4, -0.2) is 37.2 Å². The number of nitrogens with one attached hydrogen (secondary N) is 1. The van der Waals surface area contributed by atoms with Crippen LogP contribution in [0.2, 0.25) is 0 Å². The molecule has 5 heteroatoms. The molecule has 0 aliphatic carbocycles. The number of aryl methyl sites for hydroxylation is 1. The quantitative estimate of drug-likeness (QED) is 0.939. The molecule has 1 saturated heterocycles. The van der Waals surface area contributed by atoms with Crippen molar-refractivity contribution in [2.45, 2.75) is 19.8 Å². The molecule has 0 spiro atoms. The summed E-state index contributed by atoms with van der Waals surface area (Å²) in [5.41, 5.74) is 3.21. The van der Waals surface area contributed by atoms with E-state index >= 15 is 0 Å². The molecular weight excluding hydrogens is 274 g/mol. The SMILES string of the molecule is Cc1cc(Nc2ccc(N(C)C)cc2)nc(N2CCCC2)n1. The number of hydrogen-bond donors (Lipinski definition) is 1. The lowest BCUT2D eigenvalue weighted by Crippen LogP contribution is -2.21. The van der Waals surface area contributed by atoms with E-state index in [0.717, 1.165) is 36.2 Å². The standard InChI is InChI=1S/C17H23N5/c1-13-12-16(20-17(18-13)22-10-4-5-11-22)19-14-6-8-15(9-7-14)21(2)3/h6-9,12H,4-5,10-11H2,1-3H3,(H,18,19,20). The van der Waals surface area contributed by atoms with Crippen LogP contribution in [0.3, 0.4) is 0 Å². The van der Waals surface area contributed by atoms with Gasteiger partial charge in [0.15, 0.2) is 0 Å². The van der Waals surface area contributed by atoms with Crippen molar-refractivity contribution >= 4 is 23.1 Å². The van der Waals surface area contributed by atoms with E-state index in [0.29, 0.717) is 0 Å². The summed E-state index contributed by atoms with van der Waals surface area (Å²) in [5, 5.41) is 3.38. The highest BCUT2D eigenvalue weighted by Gasteiger charge is 2.15. The zero-order valence-electron chi connectivity index (χ0n) is 13.5. The van der Waals surface area contributed by atoms with Gasteiger partial charge in [-0.25, -0.2) is 4.98 Å². The Morgan fingerprint density at radius 2 is 1.73 bits per heavy atom. The molecule has 0 bridgehead atoms. The maximum atomic E-state index is 4.66. The summed E-state index contributed by atoms with van der Waals surface area (Å²) in [4.78, 5) is 13.6. The summed E-state index contributed by atoms with van der Waals surface area (Å²) >= 11 is 0. The molecule has 0 unspecified atom stereocenters. The van der Waals surface area contributed by atoms with E-state index in [1.165, 1.54) is 18.5 Å². The van der Waals surface area contributed by atoms with E-state index in [9.17, 15) is 0 Å². The topological polar surface area (TPSA) is 44.3 Å². The maximum absolute atomic E-state index is 4.66. The van der Waals surface area contributed by atoms with Gasteiger partial charge in [-0.1, -0.05) is 0 Å². The lowest BCUT2D eigenvalue weighted by molar-refractivity contribution is 0.891. The first-order valence-corrected chi connectivity index (χ1v) is 7.77. The molecule has 1 aliphatic rings. The van der Waals surface area contributed by atoms with Crippen LogP contribution in [0, 0.1) is 6.92 Å². The molecule has 3 rings (SSSR count). The smallest absolute Gasteiger partial charge is 0.227 e. The van der Waals surface area contributed by atoms with Crippen LogP contribution >= 0.6 is 0 Å². The minimum absolute atomic E-state index is 0.838. The van der Waals surface area contributed by atoms with Crippen molar-refractivity contribution in [3.05, 3.63) is 36.0 Å². The number of hydrogen-bond acceptors (Lipinski definition) is 5. The molecule has 5 nitrogen and oxygen atoms in total. The van der Waals surface area contributed by atoms with Gasteiger partial charge in [0.25, 0.3) is 0 Å². The summed E-state index contributed by atoms with van der Waals surface area (Å²) in [5.74, 6) is 1.69. The molecule has 116 valence electrons. The zero-order chi connectivity index (χ0) is 15.5. The van der Waals surface area contributed by atoms with Crippen LogP contribution in [0.5, 0.6) is 0 Å². The Morgan fingerprint density at radius 3 is 2.36 bits per heavy atom. The Kier molecular flexibility index (Phi) is 4.13. The molecule has 1 N–H and O–H groups in total. The molecule has 2 heterocycles. The minimum atomic E-state index is 0.838. The van der Waals surface area contributed by atoms with Crippen molar-refractivity contribution in [1.82, 2.24) is 9.97 Å². The van der Waals surface area contributed by atoms with Crippen molar-refractivity contribution in [3.63, 3.8) is 0 Å². The van der Waals surface area contributed by atoms with Gasteiger partial charge >= 0.3 is 0 Å². The van der Waals surface area contributed by atoms with Crippen molar-refractivity contribution in [1.29, 1.82) is 0 Å². The molecule has 1 aromatic heterocycles. The van der Waals surface area contributed by atoms with E-state index in [4.69, 9.17) is 0 Å². The highest BCUT2D eigenvalue weighted by molar-refractivity contribution is 5.61. The van der Waals surface area contributed by atoms with Gasteiger partial charge in [0.2, 0.25) is 5.95 Å². The van der Waals surface area contributed by atoms with Gasteiger partial charge in [0.05, 0.1) is 0 Å². The van der Waals surface area contributed by atoms with Gasteiger partial charge in [-0.05, 0) is 44.0 Å². The molecule has 22 heavy (non-hydrogen) atoms. The lowest BCUT2D eigenvalue weighted by Gasteiger charge is -2.17. The summed E-state index contributed by atoms with van der Waals surface area (Å²) in [6.45, 7) is 4.13. The number of nitrogens with zero attached hydrogens (tertiary/aromatic N) is 4. The van der Waals surface area contributed by atoms with Crippen molar-refractivity contribution in [2.75, 3.05) is 42.3 Å². The largest absolute Gasteiger partial charge is 0.378 e. The summed E-state index contributed by atoms with van der Waals surface area (Å²) < 4.78 is 0. The first-order valence-electron chi connectivity index (χ1n) is 7.77. The van der Waals surface area contributed by atoms with E-state index < -0.39 is 0 Å². The minimum Gasteiger partial charge on any atom is -0.378 e. The van der Waals surface area contributed by atoms with Crippen LogP contribution < -0.4 is 15.1 Å². The Hall–Kier alpha value is -2.30. The molecule has 0 radical (unpaired) electrons. The second-order valence-corrected chi connectivity index (χ2v) is 5.96. The van der Waals surface area contributed by atoms with Crippen LogP contribution in [0.25, 0.3) is 0 Å². The van der Waals surface area contributed by atoms with Crippen LogP contribution in [0.15, 0.2) is 30.3 Å². The zero-order valence-corrected chi connectivity index (χ0v) is 13.5. The fourth-order valence-corrected chi connectivity index (χ4v) is 2.67. The van der Waals surface area contributed by atoms with Crippen molar-refractivity contribution < 1.29 is 0 Å². The highest BCUT2D eigenvalue weighted by Crippen LogP contribution is 2.22. The molecule has 2 aromatic rings. The third-order valence-electron chi connectivity index (χ3n) is 3.89. The van der Waals surface area contributed by atoms with Gasteiger partial charge in [0, 0.05) is 50.3 Å². The summed E-state index contributed by atoms with van der Waals surface area (Å²) in [6.07, 6.45) is 2.46. The maximum Gasteiger partial charge on any atom is 0.227 e. The molecule has 1 aromatic carbocycles. The van der Waals surface area contributed by atoms with Crippen molar-refractivity contribution in [3.8, 4) is 0 Å². The Labute approximate surface area is 132 Å². The van der Waals surface area contributed by atoms with Gasteiger partial charge < -0.3 is 15.1 Å². The summed E-state index contributed by atoms with van der Waals surface area (Å²) in [6, 6.07) is 10.3. The Bertz CT molecular complexity index is 630. The first kappa shape index (κ1) is 14.6. The second-order valence-electron chi connectivity index (χ2n) is 5.96. The van der Waals surface area contributed by atoms with Crippen LogP contribution in [-0.2, 0) is 0 Å². The molecule has 0 amide bonds. The fourth-order valence-electron chi connectivity index (χ4n) is 2.67. The average molecular weight is 297 g/mol. The van der Waals surface area contributed by atoms with Crippen molar-refractivity contribution in [2.24, 2.45) is 0 Å². The Balaban J connectivity index is 1.79. The number of aromatic nitrogens is 2. The van der Waals surface area contributed by atoms with E-state index in [2.05, 4.69) is 49.4 Å². The number of benzene rings is 1. The fraction of sp³-hybridized carbons (Fsp3) is 0.412. The normalized spacial score (nSPS) is 14.2. The molecule has 1 aliphatic heterocycles. The van der Waals surface area contributed by atoms with Gasteiger partial charge in [-0.3, -0.25) is 0 Å². The van der Waals surface area contributed by atoms with E-state index in [1.807, 2.05) is 27.1 Å². The average Bonchev–Trinajstić information content (AvgIpc) is 3.01. The van der Waals surface area contributed by atoms with Crippen LogP contribution in [0.4, 0.5) is 23.1 Å². The molecular formula is C17H23N5. The van der Waals surface area contributed by atoms with E-state index in [-0.39, 0.29) is 0 Å². The molecule has 0 atom stereocenters. The molecule has 0 saturated carbocycles. The monoisotopic (exact) mass is 297 g/mol. The van der Waals surface area contributed by atoms with Gasteiger partial charge in [-0.2, -0.15) is 4.98 Å². The highest BCUT2D eigenvalue weighted by atomic mass is 15.3. The predicted octanol–water partition coefficient (Wildman–Crippen LogP) is 3.19. The third-order valence-corrected chi connectivity index (χ3v) is 3.89. The van der Waals surface area contributed by atoms with Gasteiger partial charge in [0.1, 0.15) is 5.82 Å². The Morgan fingerprint density at radius 1 is 1.05 bits per heavy atom. The van der Waals surface area contributed by atoms with E-state index in [1.54, 1.807) is 0 Å². The summed E-state index contributed by atoms with van der Waals surface area (Å²) in [7, 11) is 4.08. The molecule has 1 fully saturated rings. The van der Waals surface area contributed by atoms with Gasteiger partial charge in [-0.15, -0.1) is 0 Å². The predicted molar refractivity (Wildman–Crippen MR) is 92.3 cm³/mol. The third kappa shape index (κ3) is 3.30. The van der Waals surface area contributed by atoms with Crippen LogP contribution in [0.1, 0.15) is 18.5 Å². The second kappa shape index (κ2) is 6.22.